The summed E-state index contributed by atoms with van der Waals surface area (Å²) >= 11 is 0. The Morgan fingerprint density at radius 3 is 1.54 bits per heavy atom. The largest absolute Gasteiger partial charge is 0.493 e. The van der Waals surface area contributed by atoms with Crippen molar-refractivity contribution in [3.8, 4) is 23.0 Å². The van der Waals surface area contributed by atoms with E-state index in [1.165, 1.54) is 40.6 Å². The number of carboxylic acid groups (broad SMARTS) is 2. The third kappa shape index (κ3) is 11.0. The predicted octanol–water partition coefficient (Wildman–Crippen LogP) is 5.31. The molecule has 296 valence electrons. The van der Waals surface area contributed by atoms with Gasteiger partial charge in [0.2, 0.25) is 0 Å². The van der Waals surface area contributed by atoms with Crippen LogP contribution < -0.4 is 29.6 Å². The van der Waals surface area contributed by atoms with Crippen molar-refractivity contribution in [3.05, 3.63) is 55.6 Å². The van der Waals surface area contributed by atoms with Crippen molar-refractivity contribution in [2.75, 3.05) is 35.0 Å². The molecule has 0 aromatic heterocycles. The molecule has 0 spiro atoms. The summed E-state index contributed by atoms with van der Waals surface area (Å²) in [5.74, 6) is -2.69. The third-order valence-corrected chi connectivity index (χ3v) is 8.80. The van der Waals surface area contributed by atoms with Gasteiger partial charge in [0.05, 0.1) is 74.4 Å². The van der Waals surface area contributed by atoms with Crippen LogP contribution >= 0.6 is 0 Å². The Hall–Kier alpha value is -6.08. The van der Waals surface area contributed by atoms with Crippen LogP contribution in [0.5, 0.6) is 23.0 Å². The average molecular weight is 765 g/mol. The molecule has 0 bridgehead atoms. The molecular formula is C34H44N4O16. The Kier molecular flexibility index (Phi) is 13.8. The number of carbonyl (C=O) groups excluding carboxylic acids is 2. The SMILES string of the molecule is COc1cc(C(CC(=O)O)OC(=O)NCC2(C)CC(NC(=O)OC(CC(=O)O)c3cc(OC)c(OC)cc3[N+](=O)[O-])CC(C)(C)C2)c([N+](=O)[O-])cc1OC. The quantitative estimate of drug-likeness (QED) is 0.117. The Morgan fingerprint density at radius 1 is 0.741 bits per heavy atom. The van der Waals surface area contributed by atoms with Crippen LogP contribution in [0.25, 0.3) is 0 Å². The first-order valence-corrected chi connectivity index (χ1v) is 16.4. The number of amides is 2. The summed E-state index contributed by atoms with van der Waals surface area (Å²) in [4.78, 5) is 72.1. The lowest BCUT2D eigenvalue weighted by molar-refractivity contribution is -0.386. The molecule has 1 saturated carbocycles. The van der Waals surface area contributed by atoms with E-state index < -0.39 is 87.3 Å². The van der Waals surface area contributed by atoms with Crippen LogP contribution in [0.1, 0.15) is 76.2 Å². The van der Waals surface area contributed by atoms with Crippen molar-refractivity contribution in [1.82, 2.24) is 10.6 Å². The molecule has 3 rings (SSSR count). The minimum absolute atomic E-state index is 0.00560. The number of nitro groups is 2. The number of aliphatic carboxylic acids is 2. The molecule has 1 aliphatic rings. The lowest BCUT2D eigenvalue weighted by Gasteiger charge is -2.46. The number of benzene rings is 2. The molecule has 1 fully saturated rings. The van der Waals surface area contributed by atoms with Gasteiger partial charge in [-0.25, -0.2) is 9.59 Å². The molecule has 54 heavy (non-hydrogen) atoms. The smallest absolute Gasteiger partial charge is 0.407 e. The zero-order chi connectivity index (χ0) is 40.5. The van der Waals surface area contributed by atoms with Gasteiger partial charge >= 0.3 is 24.1 Å². The zero-order valence-electron chi connectivity index (χ0n) is 30.8. The van der Waals surface area contributed by atoms with Gasteiger partial charge in [0.25, 0.3) is 11.4 Å². The van der Waals surface area contributed by atoms with Gasteiger partial charge in [0.1, 0.15) is 12.2 Å². The molecule has 2 amide bonds. The highest BCUT2D eigenvalue weighted by molar-refractivity contribution is 5.73. The molecule has 20 heteroatoms. The van der Waals surface area contributed by atoms with Crippen molar-refractivity contribution in [3.63, 3.8) is 0 Å². The number of nitro benzene ring substituents is 2. The standard InChI is InChI=1S/C34H44N4O16/c1-33(2)14-18(36-32(44)54-24(13-30(41)42)20-9-26(50-5)28(52-7)11-22(20)38(47)48)15-34(3,16-33)17-35-31(43)53-23(12-29(39)40)19-8-25(49-4)27(51-6)10-21(19)37(45)46/h8-11,18,23-24H,12-17H2,1-7H3,(H,35,43)(H,36,44)(H,39,40)(H,41,42). The van der Waals surface area contributed by atoms with E-state index in [1.54, 1.807) is 0 Å². The monoisotopic (exact) mass is 764 g/mol. The fourth-order valence-electron chi connectivity index (χ4n) is 7.00. The number of carboxylic acids is 2. The Bertz CT molecular complexity index is 1770. The van der Waals surface area contributed by atoms with Crippen LogP contribution in [0, 0.1) is 31.1 Å². The molecule has 20 nitrogen and oxygen atoms in total. The minimum Gasteiger partial charge on any atom is -0.493 e. The number of ether oxygens (including phenoxy) is 6. The molecule has 0 heterocycles. The van der Waals surface area contributed by atoms with Crippen LogP contribution in [0.2, 0.25) is 0 Å². The predicted molar refractivity (Wildman–Crippen MR) is 186 cm³/mol. The summed E-state index contributed by atoms with van der Waals surface area (Å²) in [7, 11) is 5.09. The number of nitrogens with one attached hydrogen (secondary N) is 2. The van der Waals surface area contributed by atoms with E-state index in [4.69, 9.17) is 28.4 Å². The second-order valence-corrected chi connectivity index (χ2v) is 13.8. The van der Waals surface area contributed by atoms with E-state index >= 15 is 0 Å². The number of carbonyl (C=O) groups is 4. The molecule has 1 aliphatic carbocycles. The maximum Gasteiger partial charge on any atom is 0.407 e. The molecule has 0 radical (unpaired) electrons. The third-order valence-electron chi connectivity index (χ3n) is 8.80. The normalized spacial score (nSPS) is 18.5. The first-order chi connectivity index (χ1) is 25.2. The summed E-state index contributed by atoms with van der Waals surface area (Å²) in [6.45, 7) is 5.67. The minimum atomic E-state index is -1.60. The van der Waals surface area contributed by atoms with Crippen LogP contribution in [0.4, 0.5) is 21.0 Å². The summed E-state index contributed by atoms with van der Waals surface area (Å²) in [6.07, 6.45) is -5.67. The van der Waals surface area contributed by atoms with Crippen LogP contribution in [0.3, 0.4) is 0 Å². The summed E-state index contributed by atoms with van der Waals surface area (Å²) in [5, 5.41) is 48.2. The molecule has 4 unspecified atom stereocenters. The van der Waals surface area contributed by atoms with Gasteiger partial charge in [0.15, 0.2) is 23.0 Å². The van der Waals surface area contributed by atoms with Gasteiger partial charge in [-0.3, -0.25) is 29.8 Å². The van der Waals surface area contributed by atoms with E-state index in [-0.39, 0.29) is 47.1 Å². The van der Waals surface area contributed by atoms with E-state index in [1.807, 2.05) is 20.8 Å². The molecule has 0 saturated heterocycles. The molecule has 2 aromatic carbocycles. The van der Waals surface area contributed by atoms with E-state index in [2.05, 4.69) is 10.6 Å². The number of hydrogen-bond acceptors (Lipinski definition) is 14. The molecular weight excluding hydrogens is 720 g/mol. The van der Waals surface area contributed by atoms with Crippen molar-refractivity contribution in [2.45, 2.75) is 71.1 Å². The Labute approximate surface area is 309 Å². The molecule has 4 N–H and O–H groups in total. The number of alkyl carbamates (subject to hydrolysis) is 2. The Morgan fingerprint density at radius 2 is 1.15 bits per heavy atom. The van der Waals surface area contributed by atoms with Gasteiger partial charge in [-0.05, 0) is 42.2 Å². The fourth-order valence-corrected chi connectivity index (χ4v) is 7.00. The van der Waals surface area contributed by atoms with Gasteiger partial charge in [-0.1, -0.05) is 20.8 Å². The maximum absolute atomic E-state index is 13.3. The van der Waals surface area contributed by atoms with Crippen molar-refractivity contribution >= 4 is 35.5 Å². The second-order valence-electron chi connectivity index (χ2n) is 13.8. The highest BCUT2D eigenvalue weighted by Crippen LogP contribution is 2.46. The van der Waals surface area contributed by atoms with E-state index in [0.717, 1.165) is 12.1 Å². The molecule has 4 atom stereocenters. The van der Waals surface area contributed by atoms with Crippen molar-refractivity contribution < 1.29 is 67.7 Å². The Balaban J connectivity index is 1.80. The maximum atomic E-state index is 13.3. The first-order valence-electron chi connectivity index (χ1n) is 16.4. The van der Waals surface area contributed by atoms with Crippen molar-refractivity contribution in [1.29, 1.82) is 0 Å². The number of hydrogen-bond donors (Lipinski definition) is 4. The lowest BCUT2D eigenvalue weighted by atomic mass is 9.62. The fraction of sp³-hybridized carbons (Fsp3) is 0.529. The first kappa shape index (κ1) is 42.3. The van der Waals surface area contributed by atoms with Gasteiger partial charge in [-0.2, -0.15) is 0 Å². The molecule has 2 aromatic rings. The molecule has 0 aliphatic heterocycles. The topological polar surface area (TPSA) is 274 Å². The zero-order valence-corrected chi connectivity index (χ0v) is 30.8. The summed E-state index contributed by atoms with van der Waals surface area (Å²) < 4.78 is 31.6. The second kappa shape index (κ2) is 17.6. The van der Waals surface area contributed by atoms with Gasteiger partial charge in [0, 0.05) is 12.6 Å². The van der Waals surface area contributed by atoms with Crippen LogP contribution in [0.15, 0.2) is 24.3 Å². The summed E-state index contributed by atoms with van der Waals surface area (Å²) in [5.41, 5.74) is -2.71. The van der Waals surface area contributed by atoms with E-state index in [0.29, 0.717) is 12.8 Å². The van der Waals surface area contributed by atoms with Crippen molar-refractivity contribution in [2.24, 2.45) is 10.8 Å². The van der Waals surface area contributed by atoms with Crippen LogP contribution in [-0.4, -0.2) is 85.2 Å². The average Bonchev–Trinajstić information content (AvgIpc) is 3.07. The number of methoxy groups -OCH3 is 4. The number of nitrogens with zero attached hydrogens (tertiary/aromatic N) is 2. The highest BCUT2D eigenvalue weighted by atomic mass is 16.6. The lowest BCUT2D eigenvalue weighted by Crippen LogP contribution is -2.50. The van der Waals surface area contributed by atoms with E-state index in [9.17, 15) is 49.6 Å². The van der Waals surface area contributed by atoms with Gasteiger partial charge < -0.3 is 49.3 Å². The van der Waals surface area contributed by atoms with Gasteiger partial charge in [-0.15, -0.1) is 0 Å². The van der Waals surface area contributed by atoms with Crippen LogP contribution in [-0.2, 0) is 19.1 Å². The number of rotatable bonds is 17. The summed E-state index contributed by atoms with van der Waals surface area (Å²) in [6, 6.07) is 3.84. The highest BCUT2D eigenvalue weighted by Gasteiger charge is 2.43.